The van der Waals surface area contributed by atoms with Gasteiger partial charge in [0.2, 0.25) is 5.90 Å². The van der Waals surface area contributed by atoms with E-state index in [1.54, 1.807) is 18.2 Å². The summed E-state index contributed by atoms with van der Waals surface area (Å²) >= 11 is 3.49. The minimum absolute atomic E-state index is 0.0345. The number of esters is 1. The minimum Gasteiger partial charge on any atom is -0.489 e. The molecule has 0 aromatic heterocycles. The normalized spacial score (nSPS) is 14.6. The van der Waals surface area contributed by atoms with Gasteiger partial charge in [-0.05, 0) is 42.0 Å². The van der Waals surface area contributed by atoms with E-state index in [1.807, 2.05) is 48.5 Å². The molecule has 3 aromatic carbocycles. The molecule has 0 atom stereocenters. The average Bonchev–Trinajstić information content (AvgIpc) is 3.09. The molecule has 0 fully saturated rings. The topological polar surface area (TPSA) is 47.9 Å². The highest BCUT2D eigenvalue weighted by Crippen LogP contribution is 2.23. The second-order valence-corrected chi connectivity index (χ2v) is 7.12. The van der Waals surface area contributed by atoms with Gasteiger partial charge in [0.15, 0.2) is 5.70 Å². The smallest absolute Gasteiger partial charge is 0.363 e. The van der Waals surface area contributed by atoms with Crippen molar-refractivity contribution in [3.63, 3.8) is 0 Å². The van der Waals surface area contributed by atoms with Gasteiger partial charge in [-0.15, -0.1) is 0 Å². The zero-order chi connectivity index (χ0) is 20.2. The number of cyclic esters (lactones) is 1. The molecule has 1 aliphatic heterocycles. The SMILES string of the molecule is O=C1OC(c2ccccc2F)=N/C1=C\c1ccc(OCc2ccccc2Br)cc1. The van der Waals surface area contributed by atoms with Crippen LogP contribution >= 0.6 is 15.9 Å². The summed E-state index contributed by atoms with van der Waals surface area (Å²) < 4.78 is 25.8. The van der Waals surface area contributed by atoms with Gasteiger partial charge in [-0.2, -0.15) is 0 Å². The molecule has 0 bridgehead atoms. The third-order valence-electron chi connectivity index (χ3n) is 4.26. The van der Waals surface area contributed by atoms with E-state index < -0.39 is 11.8 Å². The van der Waals surface area contributed by atoms with Crippen molar-refractivity contribution in [2.75, 3.05) is 0 Å². The highest BCUT2D eigenvalue weighted by molar-refractivity contribution is 9.10. The molecule has 0 saturated carbocycles. The third-order valence-corrected chi connectivity index (χ3v) is 5.03. The summed E-state index contributed by atoms with van der Waals surface area (Å²) in [6.45, 7) is 0.435. The lowest BCUT2D eigenvalue weighted by molar-refractivity contribution is -0.129. The Kier molecular flexibility index (Phi) is 5.53. The fraction of sp³-hybridized carbons (Fsp3) is 0.0435. The Morgan fingerprint density at radius 2 is 1.72 bits per heavy atom. The van der Waals surface area contributed by atoms with Gasteiger partial charge >= 0.3 is 5.97 Å². The molecule has 0 amide bonds. The fourth-order valence-corrected chi connectivity index (χ4v) is 3.15. The summed E-state index contributed by atoms with van der Waals surface area (Å²) in [4.78, 5) is 16.2. The predicted octanol–water partition coefficient (Wildman–Crippen LogP) is 5.51. The lowest BCUT2D eigenvalue weighted by Gasteiger charge is -2.08. The predicted molar refractivity (Wildman–Crippen MR) is 112 cm³/mol. The maximum Gasteiger partial charge on any atom is 0.363 e. The molecule has 0 unspecified atom stereocenters. The first-order valence-electron chi connectivity index (χ1n) is 8.84. The first kappa shape index (κ1) is 19.1. The van der Waals surface area contributed by atoms with Crippen LogP contribution in [0, 0.1) is 5.82 Å². The van der Waals surface area contributed by atoms with Gasteiger partial charge in [0.05, 0.1) is 5.56 Å². The van der Waals surface area contributed by atoms with Crippen molar-refractivity contribution in [3.05, 3.63) is 105 Å². The van der Waals surface area contributed by atoms with E-state index in [-0.39, 0.29) is 17.2 Å². The van der Waals surface area contributed by atoms with Crippen molar-refractivity contribution >= 4 is 33.9 Å². The number of nitrogens with zero attached hydrogens (tertiary/aromatic N) is 1. The van der Waals surface area contributed by atoms with Gasteiger partial charge in [-0.1, -0.05) is 58.4 Å². The van der Waals surface area contributed by atoms with Gasteiger partial charge in [-0.3, -0.25) is 0 Å². The fourth-order valence-electron chi connectivity index (χ4n) is 2.75. The van der Waals surface area contributed by atoms with Crippen molar-refractivity contribution in [1.82, 2.24) is 0 Å². The molecule has 3 aromatic rings. The molecule has 0 spiro atoms. The lowest BCUT2D eigenvalue weighted by atomic mass is 10.2. The number of carbonyl (C=O) groups is 1. The molecule has 6 heteroatoms. The zero-order valence-corrected chi connectivity index (χ0v) is 16.7. The quantitative estimate of drug-likeness (QED) is 0.379. The van der Waals surface area contributed by atoms with Gasteiger partial charge in [0.25, 0.3) is 0 Å². The molecule has 0 N–H and O–H groups in total. The summed E-state index contributed by atoms with van der Waals surface area (Å²) in [5, 5.41) is 0. The summed E-state index contributed by atoms with van der Waals surface area (Å²) in [5.74, 6) is -0.440. The van der Waals surface area contributed by atoms with Crippen LogP contribution in [0.15, 0.2) is 88.0 Å². The Hall–Kier alpha value is -3.25. The molecule has 29 heavy (non-hydrogen) atoms. The molecule has 0 aliphatic carbocycles. The summed E-state index contributed by atoms with van der Waals surface area (Å²) in [7, 11) is 0. The van der Waals surface area contributed by atoms with E-state index in [0.717, 1.165) is 15.6 Å². The van der Waals surface area contributed by atoms with Gasteiger partial charge in [0.1, 0.15) is 18.2 Å². The number of ether oxygens (including phenoxy) is 2. The van der Waals surface area contributed by atoms with Crippen LogP contribution < -0.4 is 4.74 Å². The monoisotopic (exact) mass is 451 g/mol. The average molecular weight is 452 g/mol. The number of aliphatic imine (C=N–C) groups is 1. The molecule has 4 nitrogen and oxygen atoms in total. The van der Waals surface area contributed by atoms with Gasteiger partial charge in [-0.25, -0.2) is 14.2 Å². The van der Waals surface area contributed by atoms with Crippen molar-refractivity contribution < 1.29 is 18.7 Å². The second-order valence-electron chi connectivity index (χ2n) is 6.27. The Balaban J connectivity index is 1.48. The van der Waals surface area contributed by atoms with Crippen LogP contribution in [-0.2, 0) is 16.1 Å². The van der Waals surface area contributed by atoms with Crippen LogP contribution in [0.1, 0.15) is 16.7 Å². The van der Waals surface area contributed by atoms with Crippen LogP contribution in [0.5, 0.6) is 5.75 Å². The Morgan fingerprint density at radius 3 is 2.48 bits per heavy atom. The van der Waals surface area contributed by atoms with E-state index in [4.69, 9.17) is 9.47 Å². The highest BCUT2D eigenvalue weighted by atomic mass is 79.9. The second kappa shape index (κ2) is 8.41. The highest BCUT2D eigenvalue weighted by Gasteiger charge is 2.25. The molecule has 1 heterocycles. The van der Waals surface area contributed by atoms with E-state index in [0.29, 0.717) is 12.4 Å². The number of carbonyl (C=O) groups excluding carboxylic acids is 1. The first-order valence-corrected chi connectivity index (χ1v) is 9.63. The van der Waals surface area contributed by atoms with Crippen LogP contribution in [0.2, 0.25) is 0 Å². The number of hydrogen-bond donors (Lipinski definition) is 0. The number of benzene rings is 3. The largest absolute Gasteiger partial charge is 0.489 e. The summed E-state index contributed by atoms with van der Waals surface area (Å²) in [6.07, 6.45) is 1.59. The molecule has 0 saturated heterocycles. The van der Waals surface area contributed by atoms with E-state index in [9.17, 15) is 9.18 Å². The summed E-state index contributed by atoms with van der Waals surface area (Å²) in [6, 6.07) is 21.1. The third kappa shape index (κ3) is 4.43. The molecular formula is C23H15BrFNO3. The maximum absolute atomic E-state index is 13.9. The Labute approximate surface area is 175 Å². The number of hydrogen-bond acceptors (Lipinski definition) is 4. The van der Waals surface area contributed by atoms with E-state index in [2.05, 4.69) is 20.9 Å². The molecule has 1 aliphatic rings. The molecular weight excluding hydrogens is 437 g/mol. The van der Waals surface area contributed by atoms with Crippen LogP contribution in [0.3, 0.4) is 0 Å². The van der Waals surface area contributed by atoms with E-state index >= 15 is 0 Å². The molecule has 144 valence electrons. The first-order chi connectivity index (χ1) is 14.1. The van der Waals surface area contributed by atoms with Crippen molar-refractivity contribution in [2.45, 2.75) is 6.61 Å². The standard InChI is InChI=1S/C23H15BrFNO3/c24-19-7-3-1-5-16(19)14-28-17-11-9-15(10-12-17)13-21-23(27)29-22(26-21)18-6-2-4-8-20(18)25/h1-13H,14H2/b21-13-. The van der Waals surface area contributed by atoms with Gasteiger partial charge < -0.3 is 9.47 Å². The number of rotatable bonds is 5. The Morgan fingerprint density at radius 1 is 1.00 bits per heavy atom. The lowest BCUT2D eigenvalue weighted by Crippen LogP contribution is -2.07. The number of halogens is 2. The van der Waals surface area contributed by atoms with Crippen molar-refractivity contribution in [2.24, 2.45) is 4.99 Å². The van der Waals surface area contributed by atoms with Crippen LogP contribution in [0.4, 0.5) is 4.39 Å². The maximum atomic E-state index is 13.9. The summed E-state index contributed by atoms with van der Waals surface area (Å²) in [5.41, 5.74) is 2.07. The van der Waals surface area contributed by atoms with Gasteiger partial charge in [0, 0.05) is 10.0 Å². The minimum atomic E-state index is -0.613. The van der Waals surface area contributed by atoms with E-state index in [1.165, 1.54) is 12.1 Å². The molecule has 4 rings (SSSR count). The van der Waals surface area contributed by atoms with Crippen LogP contribution in [0.25, 0.3) is 6.08 Å². The molecule has 0 radical (unpaired) electrons. The Bertz CT molecular complexity index is 1120. The zero-order valence-electron chi connectivity index (χ0n) is 15.1. The van der Waals surface area contributed by atoms with Crippen LogP contribution in [-0.4, -0.2) is 11.9 Å². The van der Waals surface area contributed by atoms with Crippen molar-refractivity contribution in [1.29, 1.82) is 0 Å². The van der Waals surface area contributed by atoms with Crippen molar-refractivity contribution in [3.8, 4) is 5.75 Å².